The maximum atomic E-state index is 6.29. The van der Waals surface area contributed by atoms with Gasteiger partial charge < -0.3 is 19.2 Å². The van der Waals surface area contributed by atoms with Crippen molar-refractivity contribution in [3.63, 3.8) is 0 Å². The van der Waals surface area contributed by atoms with Crippen molar-refractivity contribution in [3.05, 3.63) is 88.1 Å². The Hall–Kier alpha value is -3.44. The van der Waals surface area contributed by atoms with Crippen LogP contribution in [0.2, 0.25) is 0 Å². The minimum absolute atomic E-state index is 0.328. The van der Waals surface area contributed by atoms with Crippen LogP contribution in [0.4, 0.5) is 0 Å². The number of aryl methyl sites for hydroxylation is 1. The van der Waals surface area contributed by atoms with Crippen LogP contribution in [-0.4, -0.2) is 30.6 Å². The van der Waals surface area contributed by atoms with Gasteiger partial charge in [0.25, 0.3) is 0 Å². The zero-order valence-electron chi connectivity index (χ0n) is 20.0. The van der Waals surface area contributed by atoms with Gasteiger partial charge >= 0.3 is 0 Å². The van der Waals surface area contributed by atoms with Gasteiger partial charge in [0.1, 0.15) is 12.4 Å². The van der Waals surface area contributed by atoms with Gasteiger partial charge in [-0.25, -0.2) is 0 Å². The number of fused-ring (bicyclic) bond motifs is 6. The lowest BCUT2D eigenvalue weighted by atomic mass is 9.85. The summed E-state index contributed by atoms with van der Waals surface area (Å²) in [5.74, 6) is 2.53. The Balaban J connectivity index is 1.34. The first kappa shape index (κ1) is 21.1. The second kappa shape index (κ2) is 8.41. The molecule has 0 radical (unpaired) electrons. The van der Waals surface area contributed by atoms with Crippen LogP contribution in [0.1, 0.15) is 39.6 Å². The molecule has 174 valence electrons. The zero-order valence-corrected chi connectivity index (χ0v) is 20.0. The van der Waals surface area contributed by atoms with E-state index in [0.29, 0.717) is 12.6 Å². The maximum Gasteiger partial charge on any atom is 0.162 e. The van der Waals surface area contributed by atoms with Crippen molar-refractivity contribution in [2.75, 3.05) is 20.8 Å². The lowest BCUT2D eigenvalue weighted by molar-refractivity contribution is 0.158. The molecule has 3 aromatic carbocycles. The first-order valence-corrected chi connectivity index (χ1v) is 11.9. The number of hydrogen-bond donors (Lipinski definition) is 1. The summed E-state index contributed by atoms with van der Waals surface area (Å²) < 4.78 is 17.5. The Kier molecular flexibility index (Phi) is 5.22. The molecule has 0 aliphatic carbocycles. The molecule has 0 saturated carbocycles. The third kappa shape index (κ3) is 3.61. The highest BCUT2D eigenvalue weighted by Crippen LogP contribution is 2.44. The van der Waals surface area contributed by atoms with Gasteiger partial charge in [0, 0.05) is 35.7 Å². The monoisotopic (exact) mass is 454 g/mol. The van der Waals surface area contributed by atoms with Crippen LogP contribution >= 0.6 is 0 Å². The maximum absolute atomic E-state index is 6.29. The van der Waals surface area contributed by atoms with Crippen LogP contribution in [0.25, 0.3) is 10.9 Å². The second-order valence-electron chi connectivity index (χ2n) is 9.41. The third-order valence-corrected chi connectivity index (χ3v) is 7.37. The van der Waals surface area contributed by atoms with Crippen molar-refractivity contribution in [2.24, 2.45) is 0 Å². The van der Waals surface area contributed by atoms with Crippen LogP contribution in [0.3, 0.4) is 0 Å². The fourth-order valence-electron chi connectivity index (χ4n) is 5.48. The minimum Gasteiger partial charge on any atom is -0.497 e. The molecular weight excluding hydrogens is 424 g/mol. The van der Waals surface area contributed by atoms with Gasteiger partial charge in [-0.2, -0.15) is 0 Å². The summed E-state index contributed by atoms with van der Waals surface area (Å²) in [7, 11) is 3.45. The van der Waals surface area contributed by atoms with Crippen LogP contribution in [0.5, 0.6) is 17.2 Å². The zero-order chi connectivity index (χ0) is 23.2. The molecule has 1 atom stereocenters. The highest BCUT2D eigenvalue weighted by molar-refractivity contribution is 5.86. The number of nitrogens with zero attached hydrogens (tertiary/aromatic N) is 1. The van der Waals surface area contributed by atoms with E-state index in [0.717, 1.165) is 48.7 Å². The summed E-state index contributed by atoms with van der Waals surface area (Å²) in [6, 6.07) is 19.5. The summed E-state index contributed by atoms with van der Waals surface area (Å²) >= 11 is 0. The van der Waals surface area contributed by atoms with Crippen LogP contribution in [0, 0.1) is 6.92 Å². The lowest BCUT2D eigenvalue weighted by Gasteiger charge is -2.40. The van der Waals surface area contributed by atoms with E-state index in [-0.39, 0.29) is 0 Å². The number of ether oxygens (including phenoxy) is 3. The molecule has 3 heterocycles. The summed E-state index contributed by atoms with van der Waals surface area (Å²) in [6.07, 6.45) is 1.99. The van der Waals surface area contributed by atoms with Gasteiger partial charge in [0.2, 0.25) is 0 Å². The van der Waals surface area contributed by atoms with E-state index >= 15 is 0 Å². The molecule has 1 aromatic heterocycles. The summed E-state index contributed by atoms with van der Waals surface area (Å²) in [5, 5.41) is 1.27. The molecule has 5 nitrogen and oxygen atoms in total. The molecule has 0 bridgehead atoms. The summed E-state index contributed by atoms with van der Waals surface area (Å²) in [6.45, 7) is 4.60. The smallest absolute Gasteiger partial charge is 0.162 e. The van der Waals surface area contributed by atoms with Gasteiger partial charge in [-0.1, -0.05) is 29.8 Å². The summed E-state index contributed by atoms with van der Waals surface area (Å²) in [4.78, 5) is 6.25. The van der Waals surface area contributed by atoms with Gasteiger partial charge in [-0.15, -0.1) is 0 Å². The van der Waals surface area contributed by atoms with Gasteiger partial charge in [-0.05, 0) is 72.4 Å². The number of aromatic nitrogens is 1. The van der Waals surface area contributed by atoms with Crippen molar-refractivity contribution in [2.45, 2.75) is 39.0 Å². The highest BCUT2D eigenvalue weighted by Gasteiger charge is 2.34. The van der Waals surface area contributed by atoms with Crippen molar-refractivity contribution < 1.29 is 14.2 Å². The average molecular weight is 455 g/mol. The SMILES string of the molecule is COc1ccc2[nH]c3c(c2c1)C[C@H]1c2cc(OCc4ccc(C)cc4)c(OC)cc2CCN1C3. The fraction of sp³-hybridized carbons (Fsp3) is 0.310. The molecule has 0 saturated heterocycles. The number of nitrogens with one attached hydrogen (secondary N) is 1. The first-order chi connectivity index (χ1) is 16.6. The van der Waals surface area contributed by atoms with E-state index in [1.54, 1.807) is 14.2 Å². The normalized spacial score (nSPS) is 17.1. The van der Waals surface area contributed by atoms with Crippen molar-refractivity contribution in [1.29, 1.82) is 0 Å². The molecule has 1 N–H and O–H groups in total. The number of methoxy groups -OCH3 is 2. The quantitative estimate of drug-likeness (QED) is 0.418. The number of benzene rings is 3. The van der Waals surface area contributed by atoms with Crippen LogP contribution in [-0.2, 0) is 26.0 Å². The van der Waals surface area contributed by atoms with Crippen molar-refractivity contribution >= 4 is 10.9 Å². The molecule has 4 aromatic rings. The number of H-pyrrole nitrogens is 1. The van der Waals surface area contributed by atoms with Crippen molar-refractivity contribution in [1.82, 2.24) is 9.88 Å². The van der Waals surface area contributed by atoms with E-state index < -0.39 is 0 Å². The molecule has 0 amide bonds. The predicted molar refractivity (Wildman–Crippen MR) is 134 cm³/mol. The summed E-state index contributed by atoms with van der Waals surface area (Å²) in [5.41, 5.74) is 9.04. The van der Waals surface area contributed by atoms with E-state index in [9.17, 15) is 0 Å². The van der Waals surface area contributed by atoms with Crippen molar-refractivity contribution in [3.8, 4) is 17.2 Å². The van der Waals surface area contributed by atoms with Crippen LogP contribution in [0.15, 0.2) is 54.6 Å². The largest absolute Gasteiger partial charge is 0.497 e. The molecule has 2 aliphatic rings. The lowest BCUT2D eigenvalue weighted by Crippen LogP contribution is -2.39. The number of hydrogen-bond acceptors (Lipinski definition) is 4. The van der Waals surface area contributed by atoms with Gasteiger partial charge in [-0.3, -0.25) is 4.90 Å². The number of aromatic amines is 1. The number of rotatable bonds is 5. The highest BCUT2D eigenvalue weighted by atomic mass is 16.5. The predicted octanol–water partition coefficient (Wildman–Crippen LogP) is 5.73. The van der Waals surface area contributed by atoms with Crippen LogP contribution < -0.4 is 14.2 Å². The standard InChI is InChI=1S/C29H30N2O3/c1-18-4-6-19(7-5-18)17-34-29-15-22-20(12-28(29)33-3)10-11-31-16-26-24(14-27(22)31)23-13-21(32-2)8-9-25(23)30-26/h4-9,12-13,15,27,30H,10-11,14,16-17H2,1-3H3/t27-/m0/s1. The molecule has 34 heavy (non-hydrogen) atoms. The Morgan fingerprint density at radius 1 is 0.971 bits per heavy atom. The molecular formula is C29H30N2O3. The molecule has 6 rings (SSSR count). The van der Waals surface area contributed by atoms with E-state index in [1.807, 2.05) is 6.07 Å². The Labute approximate surface area is 200 Å². The molecule has 2 aliphatic heterocycles. The van der Waals surface area contributed by atoms with Gasteiger partial charge in [0.05, 0.1) is 14.2 Å². The third-order valence-electron chi connectivity index (χ3n) is 7.37. The molecule has 0 spiro atoms. The Morgan fingerprint density at radius 3 is 2.62 bits per heavy atom. The Bertz CT molecular complexity index is 1360. The first-order valence-electron chi connectivity index (χ1n) is 11.9. The molecule has 0 unspecified atom stereocenters. The fourth-order valence-corrected chi connectivity index (χ4v) is 5.48. The van der Waals surface area contributed by atoms with E-state index in [2.05, 4.69) is 65.3 Å². The van der Waals surface area contributed by atoms with E-state index in [1.165, 1.54) is 38.9 Å². The van der Waals surface area contributed by atoms with E-state index in [4.69, 9.17) is 14.2 Å². The topological polar surface area (TPSA) is 46.7 Å². The minimum atomic E-state index is 0.328. The molecule has 0 fully saturated rings. The van der Waals surface area contributed by atoms with Gasteiger partial charge in [0.15, 0.2) is 11.5 Å². The average Bonchev–Trinajstić information content (AvgIpc) is 3.23. The Morgan fingerprint density at radius 2 is 1.82 bits per heavy atom. The molecule has 5 heteroatoms. The second-order valence-corrected chi connectivity index (χ2v) is 9.41.